The van der Waals surface area contributed by atoms with Gasteiger partial charge in [0.25, 0.3) is 5.91 Å². The third kappa shape index (κ3) is 4.39. The predicted molar refractivity (Wildman–Crippen MR) is 120 cm³/mol. The average molecular weight is 423 g/mol. The highest BCUT2D eigenvalue weighted by atomic mass is 16.2. The third-order valence-corrected chi connectivity index (χ3v) is 6.40. The van der Waals surface area contributed by atoms with Crippen molar-refractivity contribution in [1.29, 1.82) is 0 Å². The Bertz CT molecular complexity index is 953. The van der Waals surface area contributed by atoms with E-state index in [1.165, 1.54) is 0 Å². The summed E-state index contributed by atoms with van der Waals surface area (Å²) in [6.07, 6.45) is 4.54. The number of hydrogen-bond acceptors (Lipinski definition) is 6. The van der Waals surface area contributed by atoms with Gasteiger partial charge in [-0.3, -0.25) is 19.5 Å². The number of carbonyl (C=O) groups excluding carboxylic acids is 2. The molecule has 1 unspecified atom stereocenters. The number of piperazine rings is 1. The highest BCUT2D eigenvalue weighted by Gasteiger charge is 2.32. The Morgan fingerprint density at radius 1 is 1.19 bits per heavy atom. The topological polar surface area (TPSA) is 90.5 Å². The van der Waals surface area contributed by atoms with E-state index in [9.17, 15) is 9.59 Å². The summed E-state index contributed by atoms with van der Waals surface area (Å²) in [4.78, 5) is 37.7. The van der Waals surface area contributed by atoms with Gasteiger partial charge in [0.2, 0.25) is 5.91 Å². The first kappa shape index (κ1) is 21.2. The van der Waals surface area contributed by atoms with E-state index < -0.39 is 0 Å². The molecule has 4 rings (SSSR count). The van der Waals surface area contributed by atoms with Crippen LogP contribution in [0.15, 0.2) is 30.6 Å². The number of nitrogens with zero attached hydrogens (tertiary/aromatic N) is 4. The van der Waals surface area contributed by atoms with Gasteiger partial charge in [0, 0.05) is 57.8 Å². The molecule has 0 saturated carbocycles. The number of hydrogen-bond donors (Lipinski definition) is 2. The molecule has 2 aliphatic heterocycles. The van der Waals surface area contributed by atoms with Crippen molar-refractivity contribution in [3.63, 3.8) is 0 Å². The van der Waals surface area contributed by atoms with E-state index >= 15 is 0 Å². The van der Waals surface area contributed by atoms with Gasteiger partial charge < -0.3 is 15.5 Å². The van der Waals surface area contributed by atoms with E-state index in [0.717, 1.165) is 61.8 Å². The van der Waals surface area contributed by atoms with Crippen LogP contribution in [-0.2, 0) is 11.3 Å². The van der Waals surface area contributed by atoms with Gasteiger partial charge in [0.05, 0.1) is 23.3 Å². The first-order chi connectivity index (χ1) is 15.0. The molecule has 2 aromatic rings. The number of anilines is 2. The first-order valence-corrected chi connectivity index (χ1v) is 10.9. The summed E-state index contributed by atoms with van der Waals surface area (Å²) in [5, 5.41) is 5.64. The third-order valence-electron chi connectivity index (χ3n) is 6.40. The Labute approximate surface area is 183 Å². The molecule has 1 fully saturated rings. The Morgan fingerprint density at radius 3 is 2.61 bits per heavy atom. The lowest BCUT2D eigenvalue weighted by atomic mass is 9.84. The van der Waals surface area contributed by atoms with Crippen molar-refractivity contribution in [3.8, 4) is 0 Å². The van der Waals surface area contributed by atoms with Crippen molar-refractivity contribution in [2.75, 3.05) is 43.4 Å². The van der Waals surface area contributed by atoms with Gasteiger partial charge in [-0.25, -0.2) is 4.98 Å². The molecule has 164 valence electrons. The maximum atomic E-state index is 12.4. The molecule has 8 heteroatoms. The second kappa shape index (κ2) is 9.01. The molecule has 2 aliphatic rings. The summed E-state index contributed by atoms with van der Waals surface area (Å²) < 4.78 is 0. The molecule has 0 aromatic carbocycles. The van der Waals surface area contributed by atoms with Crippen molar-refractivity contribution in [1.82, 2.24) is 20.2 Å². The molecular formula is C23H30N6O2. The zero-order valence-corrected chi connectivity index (χ0v) is 18.4. The molecule has 4 heterocycles. The van der Waals surface area contributed by atoms with Crippen LogP contribution >= 0.6 is 0 Å². The van der Waals surface area contributed by atoms with Crippen LogP contribution in [0.4, 0.5) is 11.4 Å². The van der Waals surface area contributed by atoms with Crippen LogP contribution in [0.3, 0.4) is 0 Å². The van der Waals surface area contributed by atoms with Gasteiger partial charge in [0.1, 0.15) is 5.69 Å². The lowest BCUT2D eigenvalue weighted by Gasteiger charge is -2.36. The molecule has 2 aromatic heterocycles. The largest absolute Gasteiger partial charge is 0.368 e. The zero-order chi connectivity index (χ0) is 22.0. The van der Waals surface area contributed by atoms with E-state index in [1.54, 1.807) is 19.3 Å². The normalized spacial score (nSPS) is 21.4. The lowest BCUT2D eigenvalue weighted by Crippen LogP contribution is -2.46. The van der Waals surface area contributed by atoms with Crippen LogP contribution in [0.1, 0.15) is 47.9 Å². The van der Waals surface area contributed by atoms with Gasteiger partial charge in [-0.2, -0.15) is 0 Å². The van der Waals surface area contributed by atoms with Gasteiger partial charge in [-0.15, -0.1) is 0 Å². The minimum Gasteiger partial charge on any atom is -0.368 e. The lowest BCUT2D eigenvalue weighted by molar-refractivity contribution is -0.121. The molecule has 2 N–H and O–H groups in total. The summed E-state index contributed by atoms with van der Waals surface area (Å²) >= 11 is 0. The van der Waals surface area contributed by atoms with Crippen molar-refractivity contribution in [2.24, 2.45) is 5.92 Å². The van der Waals surface area contributed by atoms with Crippen molar-refractivity contribution in [3.05, 3.63) is 47.5 Å². The quantitative estimate of drug-likeness (QED) is 0.768. The van der Waals surface area contributed by atoms with E-state index in [2.05, 4.69) is 38.4 Å². The number of pyridine rings is 2. The average Bonchev–Trinajstić information content (AvgIpc) is 2.79. The molecule has 31 heavy (non-hydrogen) atoms. The molecule has 0 spiro atoms. The van der Waals surface area contributed by atoms with Crippen molar-refractivity contribution >= 4 is 23.2 Å². The molecule has 0 bridgehead atoms. The van der Waals surface area contributed by atoms with Crippen molar-refractivity contribution in [2.45, 2.75) is 32.7 Å². The highest BCUT2D eigenvalue weighted by Crippen LogP contribution is 2.36. The monoisotopic (exact) mass is 422 g/mol. The maximum absolute atomic E-state index is 12.4. The van der Waals surface area contributed by atoms with Crippen LogP contribution in [0, 0.1) is 5.92 Å². The van der Waals surface area contributed by atoms with Gasteiger partial charge in [-0.05, 0) is 30.2 Å². The summed E-state index contributed by atoms with van der Waals surface area (Å²) in [5.74, 6) is 0.0746. The van der Waals surface area contributed by atoms with Crippen molar-refractivity contribution < 1.29 is 9.59 Å². The molecule has 1 saturated heterocycles. The van der Waals surface area contributed by atoms with Gasteiger partial charge in [0.15, 0.2) is 0 Å². The number of fused-ring (bicyclic) bond motifs is 1. The van der Waals surface area contributed by atoms with E-state index in [4.69, 9.17) is 4.98 Å². The summed E-state index contributed by atoms with van der Waals surface area (Å²) in [6, 6.07) is 5.79. The van der Waals surface area contributed by atoms with Gasteiger partial charge in [-0.1, -0.05) is 13.8 Å². The Morgan fingerprint density at radius 2 is 1.97 bits per heavy atom. The van der Waals surface area contributed by atoms with Crippen LogP contribution in [0.25, 0.3) is 0 Å². The number of rotatable bonds is 5. The zero-order valence-electron chi connectivity index (χ0n) is 18.4. The minimum atomic E-state index is -0.175. The molecule has 0 radical (unpaired) electrons. The smallest absolute Gasteiger partial charge is 0.269 e. The predicted octanol–water partition coefficient (Wildman–Crippen LogP) is 2.24. The molecule has 8 nitrogen and oxygen atoms in total. The van der Waals surface area contributed by atoms with Crippen LogP contribution in [-0.4, -0.2) is 59.9 Å². The van der Waals surface area contributed by atoms with Crippen LogP contribution in [0.5, 0.6) is 0 Å². The Kier molecular flexibility index (Phi) is 6.18. The van der Waals surface area contributed by atoms with Crippen LogP contribution in [0.2, 0.25) is 0 Å². The van der Waals surface area contributed by atoms with E-state index in [0.29, 0.717) is 5.69 Å². The standard InChI is InChI=1S/C23H30N6O2/c1-4-18-15(2)21-20(27-22(18)30)11-16(12-26-21)14-28-7-9-29(10-8-28)17-5-6-19(25-13-17)23(31)24-3/h5-6,11-13,15,18H,4,7-10,14H2,1-3H3,(H,24,31)(H,27,30)/t15-,18?/m1/s1. The fraction of sp³-hybridized carbons (Fsp3) is 0.478. The maximum Gasteiger partial charge on any atom is 0.269 e. The van der Waals surface area contributed by atoms with Crippen LogP contribution < -0.4 is 15.5 Å². The molecule has 2 atom stereocenters. The SMILES string of the molecule is CCC1C(=O)Nc2cc(CN3CCN(c4ccc(C(=O)NC)nc4)CC3)cnc2[C@@H]1C. The Hall–Kier alpha value is -3.00. The summed E-state index contributed by atoms with van der Waals surface area (Å²) in [5.41, 5.74) is 4.43. The van der Waals surface area contributed by atoms with E-state index in [1.807, 2.05) is 19.2 Å². The fourth-order valence-electron chi connectivity index (χ4n) is 4.51. The highest BCUT2D eigenvalue weighted by molar-refractivity contribution is 5.96. The molecule has 2 amide bonds. The molecular weight excluding hydrogens is 392 g/mol. The minimum absolute atomic E-state index is 0.00107. The summed E-state index contributed by atoms with van der Waals surface area (Å²) in [7, 11) is 1.60. The number of amides is 2. The fourth-order valence-corrected chi connectivity index (χ4v) is 4.51. The second-order valence-corrected chi connectivity index (χ2v) is 8.31. The van der Waals surface area contributed by atoms with Gasteiger partial charge >= 0.3 is 0 Å². The molecule has 0 aliphatic carbocycles. The first-order valence-electron chi connectivity index (χ1n) is 10.9. The number of nitrogens with one attached hydrogen (secondary N) is 2. The summed E-state index contributed by atoms with van der Waals surface area (Å²) in [6.45, 7) is 8.59. The number of aromatic nitrogens is 2. The number of carbonyl (C=O) groups is 2. The Balaban J connectivity index is 1.36. The second-order valence-electron chi connectivity index (χ2n) is 8.31. The van der Waals surface area contributed by atoms with E-state index in [-0.39, 0.29) is 23.7 Å².